The fourth-order valence-electron chi connectivity index (χ4n) is 4.79. The van der Waals surface area contributed by atoms with E-state index in [-0.39, 0.29) is 35.5 Å². The van der Waals surface area contributed by atoms with Crippen LogP contribution in [0.3, 0.4) is 0 Å². The molecular weight excluding hydrogens is 515 g/mol. The molecule has 0 aromatic heterocycles. The van der Waals surface area contributed by atoms with Crippen molar-refractivity contribution in [2.24, 2.45) is 16.3 Å². The predicted molar refractivity (Wildman–Crippen MR) is 143 cm³/mol. The minimum absolute atomic E-state index is 0. The fraction of sp³-hybridized carbons (Fsp3) is 0.720. The number of nitrogens with one attached hydrogen (secondary N) is 2. The van der Waals surface area contributed by atoms with Crippen LogP contribution in [0.15, 0.2) is 29.3 Å². The summed E-state index contributed by atoms with van der Waals surface area (Å²) in [4.78, 5) is 7.01. The third-order valence-electron chi connectivity index (χ3n) is 6.47. The summed E-state index contributed by atoms with van der Waals surface area (Å²) in [6, 6.07) is 9.20. The molecular formula is C25H43IN4O2. The van der Waals surface area contributed by atoms with Gasteiger partial charge in [0.15, 0.2) is 5.96 Å². The molecule has 3 unspecified atom stereocenters. The molecule has 1 aromatic carbocycles. The molecule has 2 fully saturated rings. The summed E-state index contributed by atoms with van der Waals surface area (Å²) in [5, 5.41) is 7.16. The van der Waals surface area contributed by atoms with Crippen LogP contribution >= 0.6 is 24.0 Å². The average molecular weight is 559 g/mol. The number of morpholine rings is 1. The number of hydrogen-bond donors (Lipinski definition) is 2. The largest absolute Gasteiger partial charge is 0.379 e. The van der Waals surface area contributed by atoms with Gasteiger partial charge in [-0.2, -0.15) is 0 Å². The van der Waals surface area contributed by atoms with Crippen molar-refractivity contribution in [3.05, 3.63) is 35.4 Å². The Balaban J connectivity index is 0.00000363. The molecule has 0 aliphatic carbocycles. The van der Waals surface area contributed by atoms with Gasteiger partial charge in [0, 0.05) is 45.8 Å². The second-order valence-corrected chi connectivity index (χ2v) is 9.97. The Labute approximate surface area is 211 Å². The smallest absolute Gasteiger partial charge is 0.191 e. The molecule has 3 atom stereocenters. The lowest BCUT2D eigenvalue weighted by molar-refractivity contribution is -0.0835. The minimum Gasteiger partial charge on any atom is -0.379 e. The maximum absolute atomic E-state index is 6.15. The Bertz CT molecular complexity index is 699. The van der Waals surface area contributed by atoms with E-state index in [1.807, 2.05) is 7.05 Å². The summed E-state index contributed by atoms with van der Waals surface area (Å²) in [6.07, 6.45) is 2.61. The first kappa shape index (κ1) is 27.3. The number of rotatable bonds is 6. The molecule has 2 aliphatic rings. The van der Waals surface area contributed by atoms with Crippen LogP contribution in [0.25, 0.3) is 0 Å². The van der Waals surface area contributed by atoms with Crippen LogP contribution < -0.4 is 10.6 Å². The van der Waals surface area contributed by atoms with Crippen molar-refractivity contribution < 1.29 is 9.47 Å². The molecule has 0 bridgehead atoms. The number of halogens is 1. The van der Waals surface area contributed by atoms with Crippen molar-refractivity contribution in [1.82, 2.24) is 15.5 Å². The van der Waals surface area contributed by atoms with E-state index in [2.05, 4.69) is 72.5 Å². The third-order valence-corrected chi connectivity index (χ3v) is 6.47. The highest BCUT2D eigenvalue weighted by atomic mass is 127. The summed E-state index contributed by atoms with van der Waals surface area (Å²) < 4.78 is 11.7. The first-order chi connectivity index (χ1) is 14.9. The molecule has 182 valence electrons. The first-order valence-corrected chi connectivity index (χ1v) is 11.8. The molecule has 2 heterocycles. The zero-order chi connectivity index (χ0) is 22.3. The lowest BCUT2D eigenvalue weighted by Gasteiger charge is -2.40. The van der Waals surface area contributed by atoms with Crippen molar-refractivity contribution in [2.45, 2.75) is 52.7 Å². The number of aliphatic imine (C=N–C) groups is 1. The number of ether oxygens (including phenoxy) is 2. The SMILES string of the molecule is CN=C(NCC1CCCOC1C(C)(C)C)NCC(c1ccc(C)cc1)N1CCOCC1.I. The highest BCUT2D eigenvalue weighted by molar-refractivity contribution is 14.0. The van der Waals surface area contributed by atoms with E-state index in [0.717, 1.165) is 58.4 Å². The maximum Gasteiger partial charge on any atom is 0.191 e. The number of benzene rings is 1. The fourth-order valence-corrected chi connectivity index (χ4v) is 4.79. The first-order valence-electron chi connectivity index (χ1n) is 11.8. The molecule has 2 saturated heterocycles. The van der Waals surface area contributed by atoms with Crippen LogP contribution in [0.2, 0.25) is 0 Å². The Morgan fingerprint density at radius 2 is 1.81 bits per heavy atom. The average Bonchev–Trinajstić information content (AvgIpc) is 2.77. The van der Waals surface area contributed by atoms with Gasteiger partial charge in [0.05, 0.1) is 25.4 Å². The topological polar surface area (TPSA) is 58.1 Å². The van der Waals surface area contributed by atoms with Gasteiger partial charge in [0.2, 0.25) is 0 Å². The van der Waals surface area contributed by atoms with E-state index in [9.17, 15) is 0 Å². The van der Waals surface area contributed by atoms with Gasteiger partial charge in [-0.05, 0) is 30.7 Å². The molecule has 3 rings (SSSR count). The number of hydrogen-bond acceptors (Lipinski definition) is 4. The zero-order valence-corrected chi connectivity index (χ0v) is 22.9. The molecule has 0 saturated carbocycles. The number of guanidine groups is 1. The zero-order valence-electron chi connectivity index (χ0n) is 20.5. The van der Waals surface area contributed by atoms with Crippen molar-refractivity contribution in [2.75, 3.05) is 53.0 Å². The molecule has 0 radical (unpaired) electrons. The molecule has 0 spiro atoms. The maximum atomic E-state index is 6.15. The van der Waals surface area contributed by atoms with Crippen LogP contribution in [-0.4, -0.2) is 70.0 Å². The summed E-state index contributed by atoms with van der Waals surface area (Å²) >= 11 is 0. The monoisotopic (exact) mass is 558 g/mol. The lowest BCUT2D eigenvalue weighted by atomic mass is 9.78. The van der Waals surface area contributed by atoms with Gasteiger partial charge in [-0.3, -0.25) is 9.89 Å². The Morgan fingerprint density at radius 1 is 1.12 bits per heavy atom. The van der Waals surface area contributed by atoms with Gasteiger partial charge in [-0.1, -0.05) is 50.6 Å². The van der Waals surface area contributed by atoms with E-state index in [1.54, 1.807) is 0 Å². The van der Waals surface area contributed by atoms with Gasteiger partial charge in [0.25, 0.3) is 0 Å². The van der Waals surface area contributed by atoms with Gasteiger partial charge < -0.3 is 20.1 Å². The minimum atomic E-state index is 0. The van der Waals surface area contributed by atoms with E-state index >= 15 is 0 Å². The van der Waals surface area contributed by atoms with Gasteiger partial charge in [-0.15, -0.1) is 24.0 Å². The summed E-state index contributed by atoms with van der Waals surface area (Å²) in [6.45, 7) is 15.0. The van der Waals surface area contributed by atoms with Crippen LogP contribution in [0.1, 0.15) is 50.8 Å². The molecule has 32 heavy (non-hydrogen) atoms. The molecule has 6 nitrogen and oxygen atoms in total. The van der Waals surface area contributed by atoms with Crippen molar-refractivity contribution in [3.8, 4) is 0 Å². The van der Waals surface area contributed by atoms with E-state index in [1.165, 1.54) is 17.5 Å². The lowest BCUT2D eigenvalue weighted by Crippen LogP contribution is -2.49. The van der Waals surface area contributed by atoms with Crippen LogP contribution in [0.5, 0.6) is 0 Å². The van der Waals surface area contributed by atoms with E-state index in [0.29, 0.717) is 12.0 Å². The van der Waals surface area contributed by atoms with E-state index in [4.69, 9.17) is 9.47 Å². The summed E-state index contributed by atoms with van der Waals surface area (Å²) in [5.41, 5.74) is 2.78. The van der Waals surface area contributed by atoms with Gasteiger partial charge in [-0.25, -0.2) is 0 Å². The molecule has 7 heteroatoms. The molecule has 2 aliphatic heterocycles. The van der Waals surface area contributed by atoms with E-state index < -0.39 is 0 Å². The quantitative estimate of drug-likeness (QED) is 0.314. The Kier molecular flexibility index (Phi) is 11.2. The molecule has 2 N–H and O–H groups in total. The van der Waals surface area contributed by atoms with Crippen LogP contribution in [0, 0.1) is 18.3 Å². The molecule has 1 aromatic rings. The standard InChI is InChI=1S/C25H42N4O2.HI/c1-19-8-10-20(11-9-19)22(29-12-15-30-16-13-29)18-28-24(26-5)27-17-21-7-6-14-31-23(21)25(2,3)4;/h8-11,21-23H,6-7,12-18H2,1-5H3,(H2,26,27,28);1H. The summed E-state index contributed by atoms with van der Waals surface area (Å²) in [7, 11) is 1.85. The highest BCUT2D eigenvalue weighted by Gasteiger charge is 2.35. The third kappa shape index (κ3) is 7.85. The van der Waals surface area contributed by atoms with Crippen molar-refractivity contribution in [3.63, 3.8) is 0 Å². The number of nitrogens with zero attached hydrogens (tertiary/aromatic N) is 2. The Hall–Kier alpha value is -0.900. The van der Waals surface area contributed by atoms with Gasteiger partial charge in [0.1, 0.15) is 0 Å². The van der Waals surface area contributed by atoms with Crippen LogP contribution in [0.4, 0.5) is 0 Å². The number of aryl methyl sites for hydroxylation is 1. The predicted octanol–water partition coefficient (Wildman–Crippen LogP) is 3.99. The second-order valence-electron chi connectivity index (χ2n) is 9.97. The van der Waals surface area contributed by atoms with Crippen LogP contribution in [-0.2, 0) is 9.47 Å². The van der Waals surface area contributed by atoms with Crippen molar-refractivity contribution >= 4 is 29.9 Å². The van der Waals surface area contributed by atoms with Crippen molar-refractivity contribution in [1.29, 1.82) is 0 Å². The van der Waals surface area contributed by atoms with Gasteiger partial charge >= 0.3 is 0 Å². The normalized spacial score (nSPS) is 23.8. The molecule has 0 amide bonds. The summed E-state index contributed by atoms with van der Waals surface area (Å²) in [5.74, 6) is 1.36. The Morgan fingerprint density at radius 3 is 2.44 bits per heavy atom. The second kappa shape index (κ2) is 13.1. The highest BCUT2D eigenvalue weighted by Crippen LogP contribution is 2.33.